The maximum absolute atomic E-state index is 5.67. The van der Waals surface area contributed by atoms with Crippen LogP contribution in [0.1, 0.15) is 30.5 Å². The molecule has 2 aromatic rings. The molecule has 1 unspecified atom stereocenters. The van der Waals surface area contributed by atoms with Gasteiger partial charge in [-0.3, -0.25) is 4.98 Å². The molecule has 0 radical (unpaired) electrons. The van der Waals surface area contributed by atoms with E-state index in [1.54, 1.807) is 18.5 Å². The van der Waals surface area contributed by atoms with Gasteiger partial charge < -0.3 is 10.5 Å². The van der Waals surface area contributed by atoms with Gasteiger partial charge in [0.05, 0.1) is 18.5 Å². The normalized spacial score (nSPS) is 12.1. The zero-order valence-corrected chi connectivity index (χ0v) is 11.2. The van der Waals surface area contributed by atoms with Crippen molar-refractivity contribution in [2.75, 3.05) is 12.3 Å². The summed E-state index contributed by atoms with van der Waals surface area (Å²) in [5.74, 6) is 1.53. The molecule has 0 bridgehead atoms. The minimum Gasteiger partial charge on any atom is -0.492 e. The highest BCUT2D eigenvalue weighted by atomic mass is 16.5. The number of aryl methyl sites for hydroxylation is 1. The Balaban J connectivity index is 1.84. The van der Waals surface area contributed by atoms with Crippen molar-refractivity contribution in [2.45, 2.75) is 26.2 Å². The second-order valence-electron chi connectivity index (χ2n) is 4.62. The quantitative estimate of drug-likeness (QED) is 0.891. The third-order valence-electron chi connectivity index (χ3n) is 2.88. The fraction of sp³-hybridized carbons (Fsp3) is 0.357. The predicted octanol–water partition coefficient (Wildman–Crippen LogP) is 2.33. The van der Waals surface area contributed by atoms with Gasteiger partial charge in [-0.15, -0.1) is 5.10 Å². The topological polar surface area (TPSA) is 73.9 Å². The summed E-state index contributed by atoms with van der Waals surface area (Å²) in [4.78, 5) is 4.09. The molecule has 0 saturated carbocycles. The highest BCUT2D eigenvalue weighted by Crippen LogP contribution is 2.17. The van der Waals surface area contributed by atoms with Crippen LogP contribution in [0.2, 0.25) is 0 Å². The van der Waals surface area contributed by atoms with Gasteiger partial charge in [-0.2, -0.15) is 5.10 Å². The molecule has 0 aliphatic heterocycles. The lowest BCUT2D eigenvalue weighted by molar-refractivity contribution is 0.298. The number of nitrogens with zero attached hydrogens (tertiary/aromatic N) is 3. The number of hydrogen-bond acceptors (Lipinski definition) is 5. The Bertz CT molecular complexity index is 527. The van der Waals surface area contributed by atoms with Crippen molar-refractivity contribution in [3.8, 4) is 5.75 Å². The summed E-state index contributed by atoms with van der Waals surface area (Å²) in [6.07, 6.45) is 4.40. The zero-order valence-electron chi connectivity index (χ0n) is 11.2. The molecule has 0 saturated heterocycles. The Morgan fingerprint density at radius 2 is 2.11 bits per heavy atom. The van der Waals surface area contributed by atoms with E-state index in [0.29, 0.717) is 12.4 Å². The third kappa shape index (κ3) is 3.91. The predicted molar refractivity (Wildman–Crippen MR) is 73.9 cm³/mol. The molecule has 100 valence electrons. The van der Waals surface area contributed by atoms with Crippen LogP contribution in [-0.4, -0.2) is 21.8 Å². The number of anilines is 1. The molecule has 2 rings (SSSR count). The summed E-state index contributed by atoms with van der Waals surface area (Å²) in [6.45, 7) is 4.71. The van der Waals surface area contributed by atoms with E-state index >= 15 is 0 Å². The Kier molecular flexibility index (Phi) is 4.28. The Labute approximate surface area is 112 Å². The maximum Gasteiger partial charge on any atom is 0.146 e. The van der Waals surface area contributed by atoms with E-state index in [-0.39, 0.29) is 5.92 Å². The van der Waals surface area contributed by atoms with Crippen LogP contribution in [-0.2, 0) is 0 Å². The molecule has 1 atom stereocenters. The van der Waals surface area contributed by atoms with Crippen LogP contribution in [0.5, 0.6) is 5.75 Å². The number of pyridine rings is 1. The molecule has 5 nitrogen and oxygen atoms in total. The van der Waals surface area contributed by atoms with E-state index in [1.165, 1.54) is 0 Å². The molecule has 0 amide bonds. The molecule has 2 aromatic heterocycles. The van der Waals surface area contributed by atoms with Crippen molar-refractivity contribution in [3.63, 3.8) is 0 Å². The first-order valence-electron chi connectivity index (χ1n) is 6.28. The summed E-state index contributed by atoms with van der Waals surface area (Å²) in [5, 5.41) is 7.93. The fourth-order valence-electron chi connectivity index (χ4n) is 1.72. The third-order valence-corrected chi connectivity index (χ3v) is 2.88. The first kappa shape index (κ1) is 13.3. The molecule has 0 spiro atoms. The first-order chi connectivity index (χ1) is 9.15. The lowest BCUT2D eigenvalue weighted by Crippen LogP contribution is -2.06. The number of hydrogen-bond donors (Lipinski definition) is 1. The second kappa shape index (κ2) is 6.13. The molecule has 0 aromatic carbocycles. The standard InChI is InChI=1S/C14H18N4O/c1-10-7-12(9-16-8-10)19-6-5-11(2)13-3-4-14(15)18-17-13/h3-4,7-9,11H,5-6H2,1-2H3,(H2,15,18). The van der Waals surface area contributed by atoms with Crippen molar-refractivity contribution in [3.05, 3.63) is 41.9 Å². The van der Waals surface area contributed by atoms with Crippen LogP contribution in [0, 0.1) is 6.92 Å². The van der Waals surface area contributed by atoms with E-state index in [2.05, 4.69) is 22.1 Å². The van der Waals surface area contributed by atoms with Gasteiger partial charge >= 0.3 is 0 Å². The number of aromatic nitrogens is 3. The highest BCUT2D eigenvalue weighted by molar-refractivity contribution is 5.26. The van der Waals surface area contributed by atoms with E-state index in [0.717, 1.165) is 23.4 Å². The second-order valence-corrected chi connectivity index (χ2v) is 4.62. The van der Waals surface area contributed by atoms with Gasteiger partial charge in [0.25, 0.3) is 0 Å². The minimum absolute atomic E-state index is 0.283. The van der Waals surface area contributed by atoms with E-state index < -0.39 is 0 Å². The van der Waals surface area contributed by atoms with Gasteiger partial charge in [0.15, 0.2) is 0 Å². The van der Waals surface area contributed by atoms with Crippen LogP contribution in [0.4, 0.5) is 5.82 Å². The van der Waals surface area contributed by atoms with Gasteiger partial charge in [0, 0.05) is 12.1 Å². The van der Waals surface area contributed by atoms with Gasteiger partial charge in [-0.05, 0) is 37.1 Å². The molecule has 5 heteroatoms. The van der Waals surface area contributed by atoms with E-state index in [1.807, 2.05) is 19.1 Å². The summed E-state index contributed by atoms with van der Waals surface area (Å²) >= 11 is 0. The van der Waals surface area contributed by atoms with Crippen LogP contribution < -0.4 is 10.5 Å². The highest BCUT2D eigenvalue weighted by Gasteiger charge is 2.08. The number of rotatable bonds is 5. The molecule has 0 aliphatic carbocycles. The fourth-order valence-corrected chi connectivity index (χ4v) is 1.72. The average Bonchev–Trinajstić information content (AvgIpc) is 2.39. The summed E-state index contributed by atoms with van der Waals surface area (Å²) in [5.41, 5.74) is 7.54. The van der Waals surface area contributed by atoms with Crippen molar-refractivity contribution in [1.29, 1.82) is 0 Å². The van der Waals surface area contributed by atoms with E-state index in [4.69, 9.17) is 10.5 Å². The minimum atomic E-state index is 0.283. The molecular formula is C14H18N4O. The number of ether oxygens (including phenoxy) is 1. The summed E-state index contributed by atoms with van der Waals surface area (Å²) in [7, 11) is 0. The molecule has 19 heavy (non-hydrogen) atoms. The molecule has 0 aliphatic rings. The van der Waals surface area contributed by atoms with Gasteiger partial charge in [-0.25, -0.2) is 0 Å². The monoisotopic (exact) mass is 258 g/mol. The largest absolute Gasteiger partial charge is 0.492 e. The van der Waals surface area contributed by atoms with Crippen LogP contribution in [0.15, 0.2) is 30.6 Å². The van der Waals surface area contributed by atoms with Gasteiger partial charge in [0.1, 0.15) is 11.6 Å². The van der Waals surface area contributed by atoms with Crippen molar-refractivity contribution in [2.24, 2.45) is 0 Å². The zero-order chi connectivity index (χ0) is 13.7. The van der Waals surface area contributed by atoms with E-state index in [9.17, 15) is 0 Å². The van der Waals surface area contributed by atoms with Crippen LogP contribution in [0.25, 0.3) is 0 Å². The molecule has 0 fully saturated rings. The molecular weight excluding hydrogens is 240 g/mol. The maximum atomic E-state index is 5.67. The van der Waals surface area contributed by atoms with Gasteiger partial charge in [-0.1, -0.05) is 6.92 Å². The number of nitrogens with two attached hydrogens (primary N) is 1. The smallest absolute Gasteiger partial charge is 0.146 e. The lowest BCUT2D eigenvalue weighted by atomic mass is 10.0. The van der Waals surface area contributed by atoms with Crippen molar-refractivity contribution >= 4 is 5.82 Å². The lowest BCUT2D eigenvalue weighted by Gasteiger charge is -2.11. The molecule has 2 heterocycles. The Hall–Kier alpha value is -2.17. The SMILES string of the molecule is Cc1cncc(OCCC(C)c2ccc(N)nn2)c1. The molecule has 2 N–H and O–H groups in total. The van der Waals surface area contributed by atoms with Gasteiger partial charge in [0.2, 0.25) is 0 Å². The number of nitrogen functional groups attached to an aromatic ring is 1. The summed E-state index contributed by atoms with van der Waals surface area (Å²) in [6, 6.07) is 5.64. The Morgan fingerprint density at radius 3 is 2.79 bits per heavy atom. The Morgan fingerprint density at radius 1 is 1.26 bits per heavy atom. The van der Waals surface area contributed by atoms with Crippen LogP contribution in [0.3, 0.4) is 0 Å². The average molecular weight is 258 g/mol. The summed E-state index contributed by atoms with van der Waals surface area (Å²) < 4.78 is 5.67. The van der Waals surface area contributed by atoms with Crippen molar-refractivity contribution < 1.29 is 4.74 Å². The van der Waals surface area contributed by atoms with Crippen LogP contribution >= 0.6 is 0 Å². The first-order valence-corrected chi connectivity index (χ1v) is 6.28. The van der Waals surface area contributed by atoms with Crippen molar-refractivity contribution in [1.82, 2.24) is 15.2 Å².